The first-order valence-corrected chi connectivity index (χ1v) is 10.9. The third kappa shape index (κ3) is 4.46. The van der Waals surface area contributed by atoms with Crippen LogP contribution in [-0.4, -0.2) is 39.1 Å². The Kier molecular flexibility index (Phi) is 4.99. The number of hydrogen-bond acceptors (Lipinski definition) is 3. The van der Waals surface area contributed by atoms with E-state index in [9.17, 15) is 0 Å². The van der Waals surface area contributed by atoms with Gasteiger partial charge in [-0.2, -0.15) is 0 Å². The molecule has 1 aromatic rings. The van der Waals surface area contributed by atoms with Crippen LogP contribution < -0.4 is 4.43 Å². The molecule has 1 aliphatic rings. The molecule has 4 heteroatoms. The van der Waals surface area contributed by atoms with Gasteiger partial charge in [0.25, 0.3) is 0 Å². The third-order valence-electron chi connectivity index (χ3n) is 3.37. The highest BCUT2D eigenvalue weighted by Crippen LogP contribution is 2.32. The fourth-order valence-electron chi connectivity index (χ4n) is 2.40. The molecule has 1 fully saturated rings. The quantitative estimate of drug-likeness (QED) is 0.604. The van der Waals surface area contributed by atoms with Gasteiger partial charge in [-0.1, -0.05) is 12.1 Å². The van der Waals surface area contributed by atoms with Crippen LogP contribution in [0, 0.1) is 6.92 Å². The molecule has 2 rings (SSSR count). The highest BCUT2D eigenvalue weighted by molar-refractivity contribution is 6.70. The molecule has 1 saturated heterocycles. The lowest BCUT2D eigenvalue weighted by molar-refractivity contribution is 0.391. The molecule has 0 atom stereocenters. The van der Waals surface area contributed by atoms with Gasteiger partial charge in [0.1, 0.15) is 11.4 Å². The summed E-state index contributed by atoms with van der Waals surface area (Å²) in [5.74, 6) is 0.962. The van der Waals surface area contributed by atoms with Crippen molar-refractivity contribution >= 4 is 20.2 Å². The fraction of sp³-hybridized carbons (Fsp3) is 0.562. The molecule has 0 amide bonds. The average Bonchev–Trinajstić information content (AvgIpc) is 2.85. The van der Waals surface area contributed by atoms with E-state index in [1.54, 1.807) is 0 Å². The van der Waals surface area contributed by atoms with Gasteiger partial charge in [-0.15, -0.1) is 0 Å². The molecule has 0 bridgehead atoms. The molecule has 0 aliphatic carbocycles. The summed E-state index contributed by atoms with van der Waals surface area (Å²) in [5.41, 5.74) is 2.13. The Balaban J connectivity index is 2.09. The summed E-state index contributed by atoms with van der Waals surface area (Å²) in [6, 6.07) is 6.19. The number of nitrogens with zero attached hydrogens (tertiary/aromatic N) is 2. The van der Waals surface area contributed by atoms with Gasteiger partial charge in [-0.05, 0) is 64.1 Å². The molecule has 110 valence electrons. The predicted octanol–water partition coefficient (Wildman–Crippen LogP) is 4.01. The number of rotatable bonds is 5. The summed E-state index contributed by atoms with van der Waals surface area (Å²) in [4.78, 5) is 7.09. The minimum absolute atomic E-state index is 0.945. The number of likely N-dealkylation sites (tertiary alicyclic amines) is 1. The maximum Gasteiger partial charge on any atom is 0.242 e. The maximum absolute atomic E-state index is 6.20. The van der Waals surface area contributed by atoms with Crippen LogP contribution in [0.4, 0.5) is 5.69 Å². The molecule has 0 unspecified atom stereocenters. The maximum atomic E-state index is 6.20. The topological polar surface area (TPSA) is 24.8 Å². The Labute approximate surface area is 123 Å². The number of aliphatic imine (C=N–C) groups is 1. The van der Waals surface area contributed by atoms with Gasteiger partial charge in [0, 0.05) is 12.8 Å². The lowest BCUT2D eigenvalue weighted by Gasteiger charge is -2.22. The molecule has 0 spiro atoms. The van der Waals surface area contributed by atoms with Gasteiger partial charge in [0.2, 0.25) is 8.32 Å². The molecule has 1 aromatic carbocycles. The summed E-state index contributed by atoms with van der Waals surface area (Å²) in [6.07, 6.45) is 4.67. The second kappa shape index (κ2) is 6.55. The smallest absolute Gasteiger partial charge is 0.242 e. The van der Waals surface area contributed by atoms with Crippen molar-refractivity contribution in [1.82, 2.24) is 4.90 Å². The van der Waals surface area contributed by atoms with E-state index >= 15 is 0 Å². The number of benzene rings is 1. The molecule has 0 saturated carbocycles. The SMILES string of the molecule is Cc1cccc(N=CCN2CCCC2)c1O[Si](C)(C)C. The largest absolute Gasteiger partial charge is 0.543 e. The van der Waals surface area contributed by atoms with E-state index in [-0.39, 0.29) is 0 Å². The predicted molar refractivity (Wildman–Crippen MR) is 89.0 cm³/mol. The van der Waals surface area contributed by atoms with Crippen LogP contribution in [0.5, 0.6) is 5.75 Å². The van der Waals surface area contributed by atoms with Crippen molar-refractivity contribution in [3.8, 4) is 5.75 Å². The minimum atomic E-state index is -1.61. The summed E-state index contributed by atoms with van der Waals surface area (Å²) in [6.45, 7) is 12.1. The summed E-state index contributed by atoms with van der Waals surface area (Å²) < 4.78 is 6.20. The Hall–Kier alpha value is -1.13. The van der Waals surface area contributed by atoms with E-state index in [1.807, 2.05) is 12.3 Å². The van der Waals surface area contributed by atoms with Crippen molar-refractivity contribution in [3.05, 3.63) is 23.8 Å². The van der Waals surface area contributed by atoms with Crippen LogP contribution in [0.15, 0.2) is 23.2 Å². The van der Waals surface area contributed by atoms with Gasteiger partial charge in [-0.25, -0.2) is 0 Å². The van der Waals surface area contributed by atoms with Gasteiger partial charge in [0.05, 0.1) is 0 Å². The molecule has 1 heterocycles. The monoisotopic (exact) mass is 290 g/mol. The molecule has 20 heavy (non-hydrogen) atoms. The van der Waals surface area contributed by atoms with Crippen LogP contribution in [0.1, 0.15) is 18.4 Å². The Bertz CT molecular complexity index is 474. The Morgan fingerprint density at radius 1 is 1.25 bits per heavy atom. The van der Waals surface area contributed by atoms with Crippen molar-refractivity contribution < 1.29 is 4.43 Å². The molecule has 0 aromatic heterocycles. The number of para-hydroxylation sites is 1. The Morgan fingerprint density at radius 2 is 1.95 bits per heavy atom. The normalized spacial score (nSPS) is 17.0. The van der Waals surface area contributed by atoms with Crippen molar-refractivity contribution in [2.24, 2.45) is 4.99 Å². The fourth-order valence-corrected chi connectivity index (χ4v) is 3.28. The zero-order valence-corrected chi connectivity index (χ0v) is 14.1. The number of aryl methyl sites for hydroxylation is 1. The second-order valence-electron chi connectivity index (χ2n) is 6.46. The minimum Gasteiger partial charge on any atom is -0.543 e. The third-order valence-corrected chi connectivity index (χ3v) is 4.18. The van der Waals surface area contributed by atoms with Crippen LogP contribution >= 0.6 is 0 Å². The van der Waals surface area contributed by atoms with Crippen LogP contribution in [0.3, 0.4) is 0 Å². The van der Waals surface area contributed by atoms with E-state index in [1.165, 1.54) is 31.5 Å². The highest BCUT2D eigenvalue weighted by atomic mass is 28.4. The van der Waals surface area contributed by atoms with Crippen molar-refractivity contribution in [2.45, 2.75) is 39.4 Å². The molecular weight excluding hydrogens is 264 g/mol. The van der Waals surface area contributed by atoms with Gasteiger partial charge in [-0.3, -0.25) is 9.89 Å². The Morgan fingerprint density at radius 3 is 2.60 bits per heavy atom. The number of hydrogen-bond donors (Lipinski definition) is 0. The van der Waals surface area contributed by atoms with Crippen LogP contribution in [0.25, 0.3) is 0 Å². The first-order valence-electron chi connectivity index (χ1n) is 7.49. The molecule has 0 N–H and O–H groups in total. The molecule has 0 radical (unpaired) electrons. The van der Waals surface area contributed by atoms with E-state index < -0.39 is 8.32 Å². The van der Waals surface area contributed by atoms with E-state index in [0.717, 1.165) is 18.0 Å². The van der Waals surface area contributed by atoms with Crippen molar-refractivity contribution in [1.29, 1.82) is 0 Å². The van der Waals surface area contributed by atoms with Crippen molar-refractivity contribution in [2.75, 3.05) is 19.6 Å². The molecule has 1 aliphatic heterocycles. The van der Waals surface area contributed by atoms with Gasteiger partial charge < -0.3 is 4.43 Å². The standard InChI is InChI=1S/C16H26N2OSi/c1-14-8-7-9-15(16(14)19-20(2,3)4)17-10-13-18-11-5-6-12-18/h7-10H,5-6,11-13H2,1-4H3. The molecule has 3 nitrogen and oxygen atoms in total. The van der Waals surface area contributed by atoms with E-state index in [2.05, 4.69) is 48.6 Å². The van der Waals surface area contributed by atoms with Gasteiger partial charge >= 0.3 is 0 Å². The van der Waals surface area contributed by atoms with Crippen molar-refractivity contribution in [3.63, 3.8) is 0 Å². The average molecular weight is 290 g/mol. The lowest BCUT2D eigenvalue weighted by atomic mass is 10.2. The lowest BCUT2D eigenvalue weighted by Crippen LogP contribution is -2.29. The summed E-state index contributed by atoms with van der Waals surface area (Å²) in [5, 5.41) is 0. The van der Waals surface area contributed by atoms with Crippen LogP contribution in [0.2, 0.25) is 19.6 Å². The highest BCUT2D eigenvalue weighted by Gasteiger charge is 2.19. The van der Waals surface area contributed by atoms with E-state index in [0.29, 0.717) is 0 Å². The zero-order chi connectivity index (χ0) is 14.6. The molecular formula is C16H26N2OSi. The zero-order valence-electron chi connectivity index (χ0n) is 13.1. The summed E-state index contributed by atoms with van der Waals surface area (Å²) >= 11 is 0. The van der Waals surface area contributed by atoms with Gasteiger partial charge in [0.15, 0.2) is 0 Å². The van der Waals surface area contributed by atoms with E-state index in [4.69, 9.17) is 4.43 Å². The second-order valence-corrected chi connectivity index (χ2v) is 10.9. The first kappa shape index (κ1) is 15.3. The summed E-state index contributed by atoms with van der Waals surface area (Å²) in [7, 11) is -1.61. The van der Waals surface area contributed by atoms with Crippen LogP contribution in [-0.2, 0) is 0 Å². The first-order chi connectivity index (χ1) is 9.46.